The number of carbonyl (C=O) groups excluding carboxylic acids is 1. The lowest BCUT2D eigenvalue weighted by atomic mass is 10.4. The highest BCUT2D eigenvalue weighted by Gasteiger charge is 2.04. The summed E-state index contributed by atoms with van der Waals surface area (Å²) < 4.78 is 9.87. The zero-order valence-corrected chi connectivity index (χ0v) is 8.23. The highest BCUT2D eigenvalue weighted by Crippen LogP contribution is 1.93. The number of hydrogen-bond acceptors (Lipinski definition) is 4. The number of ether oxygens (including phenoxy) is 2. The van der Waals surface area contributed by atoms with E-state index in [0.29, 0.717) is 13.2 Å². The van der Waals surface area contributed by atoms with Crippen LogP contribution in [0, 0.1) is 0 Å². The van der Waals surface area contributed by atoms with Crippen LogP contribution in [0.2, 0.25) is 0 Å². The number of rotatable bonds is 6. The molecule has 0 saturated heterocycles. The van der Waals surface area contributed by atoms with Crippen molar-refractivity contribution in [3.05, 3.63) is 12.7 Å². The van der Waals surface area contributed by atoms with E-state index in [9.17, 15) is 0 Å². The zero-order valence-electron chi connectivity index (χ0n) is 8.23. The Kier molecular flexibility index (Phi) is 12.8. The molecule has 0 saturated carbocycles. The first-order chi connectivity index (χ1) is 6.20. The van der Waals surface area contributed by atoms with Gasteiger partial charge >= 0.3 is 0 Å². The van der Waals surface area contributed by atoms with Crippen molar-refractivity contribution in [2.45, 2.75) is 19.1 Å². The molecule has 1 N–H and O–H groups in total. The molecule has 4 heteroatoms. The average Bonchev–Trinajstić information content (AvgIpc) is 2.18. The Morgan fingerprint density at radius 1 is 1.46 bits per heavy atom. The minimum absolute atomic E-state index is 0.0125. The Morgan fingerprint density at radius 2 is 2.00 bits per heavy atom. The van der Waals surface area contributed by atoms with Crippen molar-refractivity contribution in [1.29, 1.82) is 0 Å². The van der Waals surface area contributed by atoms with Crippen LogP contribution in [0.1, 0.15) is 6.92 Å². The molecule has 0 aliphatic carbocycles. The molecule has 0 aliphatic heterocycles. The molecule has 0 radical (unpaired) electrons. The first-order valence-corrected chi connectivity index (χ1v) is 3.90. The second-order valence-electron chi connectivity index (χ2n) is 2.38. The van der Waals surface area contributed by atoms with Gasteiger partial charge in [0.2, 0.25) is 0 Å². The second kappa shape index (κ2) is 11.3. The van der Waals surface area contributed by atoms with Crippen LogP contribution in [-0.4, -0.2) is 44.4 Å². The monoisotopic (exact) mass is 190 g/mol. The fraction of sp³-hybridized carbons (Fsp3) is 0.667. The van der Waals surface area contributed by atoms with Gasteiger partial charge in [-0.2, -0.15) is 0 Å². The molecule has 2 unspecified atom stereocenters. The second-order valence-corrected chi connectivity index (χ2v) is 2.38. The van der Waals surface area contributed by atoms with E-state index in [-0.39, 0.29) is 6.10 Å². The van der Waals surface area contributed by atoms with E-state index in [1.807, 2.05) is 13.7 Å². The minimum Gasteiger partial charge on any atom is -0.388 e. The number of hydrogen-bond donors (Lipinski definition) is 1. The number of aliphatic hydroxyl groups is 1. The molecule has 13 heavy (non-hydrogen) atoms. The molecule has 0 aromatic heterocycles. The van der Waals surface area contributed by atoms with Crippen molar-refractivity contribution in [3.8, 4) is 0 Å². The Bertz CT molecular complexity index is 116. The highest BCUT2D eigenvalue weighted by atomic mass is 16.5. The van der Waals surface area contributed by atoms with Crippen LogP contribution in [0.15, 0.2) is 12.7 Å². The Balaban J connectivity index is 0. The van der Waals surface area contributed by atoms with Crippen molar-refractivity contribution in [3.63, 3.8) is 0 Å². The molecule has 0 aromatic carbocycles. The summed E-state index contributed by atoms with van der Waals surface area (Å²) in [4.78, 5) is 8.00. The van der Waals surface area contributed by atoms with E-state index in [1.54, 1.807) is 13.2 Å². The van der Waals surface area contributed by atoms with Gasteiger partial charge < -0.3 is 19.4 Å². The Labute approximate surface area is 79.2 Å². The summed E-state index contributed by atoms with van der Waals surface area (Å²) in [5, 5.41) is 9.11. The summed E-state index contributed by atoms with van der Waals surface area (Å²) in [6, 6.07) is 0. The standard InChI is InChI=1S/C8H16O3.CH2O/c1-4-7(2)11-6-8(9)5-10-3;1-2/h4,7-9H,1,5-6H2,2-3H3;1H2. The molecule has 0 heterocycles. The number of methoxy groups -OCH3 is 1. The molecule has 0 fully saturated rings. The molecule has 0 amide bonds. The van der Waals surface area contributed by atoms with Crippen molar-refractivity contribution >= 4 is 6.79 Å². The molecular formula is C9H18O4. The predicted molar refractivity (Wildman–Crippen MR) is 50.6 cm³/mol. The van der Waals surface area contributed by atoms with Gasteiger partial charge in [0.25, 0.3) is 0 Å². The molecule has 78 valence electrons. The predicted octanol–water partition coefficient (Wildman–Crippen LogP) is 0.400. The van der Waals surface area contributed by atoms with E-state index in [0.717, 1.165) is 0 Å². The quantitative estimate of drug-likeness (QED) is 0.616. The normalized spacial score (nSPS) is 13.8. The summed E-state index contributed by atoms with van der Waals surface area (Å²) in [6.45, 7) is 8.02. The SMILES string of the molecule is C=CC(C)OCC(O)COC.C=O. The molecule has 0 spiro atoms. The number of aliphatic hydroxyl groups excluding tert-OH is 1. The van der Waals surface area contributed by atoms with Crippen LogP contribution in [0.25, 0.3) is 0 Å². The van der Waals surface area contributed by atoms with Gasteiger partial charge in [-0.3, -0.25) is 0 Å². The van der Waals surface area contributed by atoms with Crippen LogP contribution >= 0.6 is 0 Å². The summed E-state index contributed by atoms with van der Waals surface area (Å²) >= 11 is 0. The van der Waals surface area contributed by atoms with Crippen molar-refractivity contribution < 1.29 is 19.4 Å². The third-order valence-electron chi connectivity index (χ3n) is 1.24. The molecule has 0 rings (SSSR count). The summed E-state index contributed by atoms with van der Waals surface area (Å²) in [6.07, 6.45) is 1.13. The lowest BCUT2D eigenvalue weighted by Gasteiger charge is -2.12. The van der Waals surface area contributed by atoms with Crippen LogP contribution < -0.4 is 0 Å². The highest BCUT2D eigenvalue weighted by molar-refractivity contribution is 5.10. The fourth-order valence-electron chi connectivity index (χ4n) is 0.571. The molecule has 0 aliphatic rings. The van der Waals surface area contributed by atoms with Gasteiger partial charge in [0.15, 0.2) is 0 Å². The fourth-order valence-corrected chi connectivity index (χ4v) is 0.571. The van der Waals surface area contributed by atoms with Crippen molar-refractivity contribution in [2.24, 2.45) is 0 Å². The van der Waals surface area contributed by atoms with E-state index >= 15 is 0 Å². The largest absolute Gasteiger partial charge is 0.388 e. The maximum atomic E-state index is 9.11. The Hall–Kier alpha value is -0.710. The first kappa shape index (κ1) is 14.8. The van der Waals surface area contributed by atoms with E-state index in [1.165, 1.54) is 0 Å². The lowest BCUT2D eigenvalue weighted by molar-refractivity contribution is -0.0979. The van der Waals surface area contributed by atoms with Crippen LogP contribution in [0.3, 0.4) is 0 Å². The molecule has 0 aromatic rings. The van der Waals surface area contributed by atoms with Gasteiger partial charge in [-0.1, -0.05) is 6.08 Å². The van der Waals surface area contributed by atoms with Crippen molar-refractivity contribution in [2.75, 3.05) is 20.3 Å². The third kappa shape index (κ3) is 11.3. The van der Waals surface area contributed by atoms with E-state index < -0.39 is 6.10 Å². The van der Waals surface area contributed by atoms with Crippen LogP contribution in [0.4, 0.5) is 0 Å². The van der Waals surface area contributed by atoms with E-state index in [2.05, 4.69) is 6.58 Å². The van der Waals surface area contributed by atoms with Gasteiger partial charge in [-0.05, 0) is 6.92 Å². The van der Waals surface area contributed by atoms with Gasteiger partial charge in [-0.25, -0.2) is 0 Å². The molecule has 4 nitrogen and oxygen atoms in total. The summed E-state index contributed by atoms with van der Waals surface area (Å²) in [5.41, 5.74) is 0. The summed E-state index contributed by atoms with van der Waals surface area (Å²) in [7, 11) is 1.54. The van der Waals surface area contributed by atoms with Gasteiger partial charge in [0, 0.05) is 7.11 Å². The van der Waals surface area contributed by atoms with Crippen molar-refractivity contribution in [1.82, 2.24) is 0 Å². The van der Waals surface area contributed by atoms with Crippen LogP contribution in [-0.2, 0) is 14.3 Å². The van der Waals surface area contributed by atoms with Gasteiger partial charge in [0.1, 0.15) is 12.9 Å². The zero-order chi connectivity index (χ0) is 10.7. The minimum atomic E-state index is -0.539. The van der Waals surface area contributed by atoms with Gasteiger partial charge in [0.05, 0.1) is 19.3 Å². The van der Waals surface area contributed by atoms with Gasteiger partial charge in [-0.15, -0.1) is 6.58 Å². The third-order valence-corrected chi connectivity index (χ3v) is 1.24. The topological polar surface area (TPSA) is 55.8 Å². The molecule has 0 bridgehead atoms. The first-order valence-electron chi connectivity index (χ1n) is 3.90. The molecule has 2 atom stereocenters. The maximum Gasteiger partial charge on any atom is 0.106 e. The Morgan fingerprint density at radius 3 is 2.38 bits per heavy atom. The summed E-state index contributed by atoms with van der Waals surface area (Å²) in [5.74, 6) is 0. The molecular weight excluding hydrogens is 172 g/mol. The lowest BCUT2D eigenvalue weighted by Crippen LogP contribution is -2.23. The average molecular weight is 190 g/mol. The maximum absolute atomic E-state index is 9.11. The smallest absolute Gasteiger partial charge is 0.106 e. The van der Waals surface area contributed by atoms with E-state index in [4.69, 9.17) is 19.4 Å². The van der Waals surface area contributed by atoms with Crippen LogP contribution in [0.5, 0.6) is 0 Å². The number of carbonyl (C=O) groups is 1.